The zero-order valence-electron chi connectivity index (χ0n) is 16.8. The van der Waals surface area contributed by atoms with Crippen molar-refractivity contribution in [1.29, 1.82) is 0 Å². The number of hydrogen-bond acceptors (Lipinski definition) is 4. The second kappa shape index (κ2) is 9.12. The Morgan fingerprint density at radius 3 is 1.97 bits per heavy atom. The smallest absolute Gasteiger partial charge is 0.129 e. The van der Waals surface area contributed by atoms with Gasteiger partial charge in [0, 0.05) is 48.4 Å². The fraction of sp³-hybridized carbons (Fsp3) is 0.583. The number of aromatic nitrogens is 2. The van der Waals surface area contributed by atoms with E-state index in [-0.39, 0.29) is 7.43 Å². The largest absolute Gasteiger partial charge is 0.311 e. The fourth-order valence-corrected chi connectivity index (χ4v) is 6.25. The summed E-state index contributed by atoms with van der Waals surface area (Å²) in [5.74, 6) is 1.34. The topological polar surface area (TPSA) is 41.1 Å². The predicted octanol–water partition coefficient (Wildman–Crippen LogP) is 5.66. The van der Waals surface area contributed by atoms with Gasteiger partial charge in [-0.2, -0.15) is 0 Å². The van der Waals surface area contributed by atoms with Crippen LogP contribution in [0, 0.1) is 0 Å². The van der Waals surface area contributed by atoms with Gasteiger partial charge in [-0.3, -0.25) is 4.90 Å². The molecule has 0 saturated carbocycles. The molecule has 2 aromatic rings. The summed E-state index contributed by atoms with van der Waals surface area (Å²) in [6.45, 7) is 0. The van der Waals surface area contributed by atoms with Crippen LogP contribution in [0.5, 0.6) is 0 Å². The van der Waals surface area contributed by atoms with E-state index < -0.39 is 0 Å². The van der Waals surface area contributed by atoms with Crippen LogP contribution in [-0.4, -0.2) is 46.1 Å². The van der Waals surface area contributed by atoms with Crippen molar-refractivity contribution in [3.63, 3.8) is 0 Å². The van der Waals surface area contributed by atoms with Crippen LogP contribution >= 0.6 is 23.2 Å². The number of halogens is 2. The van der Waals surface area contributed by atoms with E-state index in [4.69, 9.17) is 23.2 Å². The van der Waals surface area contributed by atoms with Crippen molar-refractivity contribution in [2.45, 2.75) is 82.0 Å². The van der Waals surface area contributed by atoms with Crippen LogP contribution < -0.4 is 5.32 Å². The Labute approximate surface area is 190 Å². The van der Waals surface area contributed by atoms with Gasteiger partial charge in [-0.1, -0.05) is 42.8 Å². The van der Waals surface area contributed by atoms with Crippen LogP contribution in [0.15, 0.2) is 36.7 Å². The van der Waals surface area contributed by atoms with Crippen LogP contribution in [-0.2, 0) is 0 Å². The third kappa shape index (κ3) is 4.25. The number of nitrogens with zero attached hydrogens (tertiary/aromatic N) is 3. The van der Waals surface area contributed by atoms with E-state index in [0.717, 1.165) is 18.1 Å². The Morgan fingerprint density at radius 1 is 0.867 bits per heavy atom. The number of rotatable bonds is 2. The maximum atomic E-state index is 5.80. The van der Waals surface area contributed by atoms with Crippen LogP contribution in [0.25, 0.3) is 0 Å². The molecule has 162 valence electrons. The van der Waals surface area contributed by atoms with Crippen molar-refractivity contribution in [3.05, 3.63) is 58.1 Å². The van der Waals surface area contributed by atoms with Gasteiger partial charge in [0.05, 0.1) is 0 Å². The third-order valence-electron chi connectivity index (χ3n) is 7.54. The molecule has 4 aliphatic rings. The summed E-state index contributed by atoms with van der Waals surface area (Å²) in [6.07, 6.45) is 11.8. The number of fused-ring (bicyclic) bond motifs is 4. The molecule has 6 heterocycles. The molecule has 4 fully saturated rings. The summed E-state index contributed by atoms with van der Waals surface area (Å²) in [4.78, 5) is 10.9. The minimum absolute atomic E-state index is 0. The highest BCUT2D eigenvalue weighted by atomic mass is 35.5. The minimum Gasteiger partial charge on any atom is -0.311 e. The molecule has 0 radical (unpaired) electrons. The van der Waals surface area contributed by atoms with E-state index >= 15 is 0 Å². The lowest BCUT2D eigenvalue weighted by molar-refractivity contribution is 0.307. The van der Waals surface area contributed by atoms with E-state index in [9.17, 15) is 0 Å². The SMILES string of the molecule is C.CN1C2CCC1C(c1ccc(Cl)nc1)C2.Clc1ccc(C2CC3CCC2N3)cn1. The van der Waals surface area contributed by atoms with Crippen molar-refractivity contribution >= 4 is 23.2 Å². The lowest BCUT2D eigenvalue weighted by Gasteiger charge is -2.21. The highest BCUT2D eigenvalue weighted by molar-refractivity contribution is 6.29. The third-order valence-corrected chi connectivity index (χ3v) is 7.99. The van der Waals surface area contributed by atoms with Crippen molar-refractivity contribution in [3.8, 4) is 0 Å². The quantitative estimate of drug-likeness (QED) is 0.603. The molecule has 6 rings (SSSR count). The summed E-state index contributed by atoms with van der Waals surface area (Å²) in [5, 5.41) is 4.81. The molecule has 1 N–H and O–H groups in total. The minimum atomic E-state index is 0. The van der Waals surface area contributed by atoms with Gasteiger partial charge in [-0.15, -0.1) is 0 Å². The first-order chi connectivity index (χ1) is 14.1. The summed E-state index contributed by atoms with van der Waals surface area (Å²) in [6, 6.07) is 11.0. The monoisotopic (exact) mass is 446 g/mol. The maximum absolute atomic E-state index is 5.80. The van der Waals surface area contributed by atoms with Gasteiger partial charge >= 0.3 is 0 Å². The van der Waals surface area contributed by atoms with Crippen LogP contribution in [0.2, 0.25) is 10.3 Å². The van der Waals surface area contributed by atoms with Gasteiger partial charge in [0.1, 0.15) is 10.3 Å². The Morgan fingerprint density at radius 2 is 1.53 bits per heavy atom. The first kappa shape index (κ1) is 22.0. The number of likely N-dealkylation sites (N-methyl/N-ethyl adjacent to an activating group) is 1. The number of hydrogen-bond donors (Lipinski definition) is 1. The zero-order chi connectivity index (χ0) is 20.0. The van der Waals surface area contributed by atoms with Gasteiger partial charge in [-0.25, -0.2) is 9.97 Å². The van der Waals surface area contributed by atoms with Crippen LogP contribution in [0.4, 0.5) is 0 Å². The van der Waals surface area contributed by atoms with E-state index in [1.807, 2.05) is 24.5 Å². The molecule has 2 aromatic heterocycles. The standard InChI is InChI=1S/C12H15ClN2.C11H13ClN2.CH4/c1-15-9-3-4-11(15)10(6-9)8-2-5-12(13)14-7-8;12-11-4-1-7(6-13-11)9-5-8-2-3-10(9)14-8;/h2,5,7,9-11H,3-4,6H2,1H3;1,4,6,8-10,14H,2-3,5H2;1H4. The highest BCUT2D eigenvalue weighted by Crippen LogP contribution is 2.45. The van der Waals surface area contributed by atoms with Gasteiger partial charge in [0.15, 0.2) is 0 Å². The first-order valence-corrected chi connectivity index (χ1v) is 11.5. The maximum Gasteiger partial charge on any atom is 0.129 e. The van der Waals surface area contributed by atoms with Crippen molar-refractivity contribution in [2.24, 2.45) is 0 Å². The second-order valence-electron chi connectivity index (χ2n) is 9.02. The molecular formula is C24H32Cl2N4. The van der Waals surface area contributed by atoms with E-state index in [2.05, 4.69) is 39.4 Å². The zero-order valence-corrected chi connectivity index (χ0v) is 18.3. The molecule has 6 unspecified atom stereocenters. The molecule has 4 nitrogen and oxygen atoms in total. The number of nitrogens with one attached hydrogen (secondary N) is 1. The Hall–Kier alpha value is -1.20. The Bertz CT molecular complexity index is 841. The van der Waals surface area contributed by atoms with Crippen molar-refractivity contribution in [1.82, 2.24) is 20.2 Å². The molecule has 0 aliphatic carbocycles. The molecule has 6 atom stereocenters. The summed E-state index contributed by atoms with van der Waals surface area (Å²) in [5.41, 5.74) is 2.70. The average Bonchev–Trinajstić information content (AvgIpc) is 3.52. The molecule has 6 heteroatoms. The predicted molar refractivity (Wildman–Crippen MR) is 124 cm³/mol. The fourth-order valence-electron chi connectivity index (χ4n) is 6.02. The lowest BCUT2D eigenvalue weighted by Crippen LogP contribution is -2.25. The van der Waals surface area contributed by atoms with Crippen LogP contribution in [0.1, 0.15) is 68.9 Å². The van der Waals surface area contributed by atoms with Gasteiger partial charge in [-0.05, 0) is 68.8 Å². The van der Waals surface area contributed by atoms with E-state index in [1.54, 1.807) is 0 Å². The summed E-state index contributed by atoms with van der Waals surface area (Å²) < 4.78 is 0. The normalized spacial score (nSPS) is 33.8. The molecule has 4 bridgehead atoms. The average molecular weight is 447 g/mol. The van der Waals surface area contributed by atoms with Gasteiger partial charge < -0.3 is 5.32 Å². The summed E-state index contributed by atoms with van der Waals surface area (Å²) >= 11 is 11.6. The number of pyridine rings is 2. The van der Waals surface area contributed by atoms with E-state index in [1.165, 1.54) is 49.7 Å². The van der Waals surface area contributed by atoms with E-state index in [0.29, 0.717) is 28.2 Å². The first-order valence-electron chi connectivity index (χ1n) is 10.8. The van der Waals surface area contributed by atoms with Crippen molar-refractivity contribution < 1.29 is 0 Å². The molecule has 30 heavy (non-hydrogen) atoms. The molecule has 0 amide bonds. The lowest BCUT2D eigenvalue weighted by atomic mass is 9.85. The highest BCUT2D eigenvalue weighted by Gasteiger charge is 2.44. The Kier molecular flexibility index (Phi) is 6.69. The van der Waals surface area contributed by atoms with Gasteiger partial charge in [0.2, 0.25) is 0 Å². The molecule has 4 saturated heterocycles. The summed E-state index contributed by atoms with van der Waals surface area (Å²) in [7, 11) is 2.26. The van der Waals surface area contributed by atoms with Crippen LogP contribution in [0.3, 0.4) is 0 Å². The molecule has 4 aliphatic heterocycles. The van der Waals surface area contributed by atoms with Gasteiger partial charge in [0.25, 0.3) is 0 Å². The second-order valence-corrected chi connectivity index (χ2v) is 9.80. The van der Waals surface area contributed by atoms with Crippen molar-refractivity contribution in [2.75, 3.05) is 7.05 Å². The Balaban J connectivity index is 0.000000141. The molecular weight excluding hydrogens is 415 g/mol. The molecule has 0 aromatic carbocycles. The molecule has 0 spiro atoms.